The molecule has 33 heavy (non-hydrogen) atoms. The van der Waals surface area contributed by atoms with Crippen LogP contribution < -0.4 is 11.1 Å². The fourth-order valence-electron chi connectivity index (χ4n) is 3.84. The molecule has 9 heteroatoms. The number of fused-ring (bicyclic) bond motifs is 1. The normalized spacial score (nSPS) is 11.7. The molecule has 4 N–H and O–H groups in total. The summed E-state index contributed by atoms with van der Waals surface area (Å²) in [6.45, 7) is 3.30. The molecule has 0 aliphatic carbocycles. The number of aryl methyl sites for hydroxylation is 1. The highest BCUT2D eigenvalue weighted by atomic mass is 19.1. The molecule has 8 nitrogen and oxygen atoms in total. The van der Waals surface area contributed by atoms with E-state index in [4.69, 9.17) is 10.7 Å². The molecule has 0 saturated heterocycles. The predicted octanol–water partition coefficient (Wildman–Crippen LogP) is 4.46. The highest BCUT2D eigenvalue weighted by Crippen LogP contribution is 2.38. The third-order valence-electron chi connectivity index (χ3n) is 5.40. The van der Waals surface area contributed by atoms with Crippen LogP contribution in [-0.4, -0.2) is 26.0 Å². The van der Waals surface area contributed by atoms with Gasteiger partial charge >= 0.3 is 5.97 Å². The smallest absolute Gasteiger partial charge is 0.337 e. The van der Waals surface area contributed by atoms with Crippen LogP contribution in [0, 0.1) is 24.1 Å². The first-order chi connectivity index (χ1) is 15.8. The van der Waals surface area contributed by atoms with E-state index < -0.39 is 17.8 Å². The Morgan fingerprint density at radius 2 is 1.94 bits per heavy atom. The fraction of sp³-hybridized carbons (Fsp3) is 0.125. The number of hydrogen-bond donors (Lipinski definition) is 3. The van der Waals surface area contributed by atoms with E-state index in [-0.39, 0.29) is 33.7 Å². The lowest BCUT2D eigenvalue weighted by Gasteiger charge is -2.22. The number of carboxylic acid groups (broad SMARTS) is 1. The van der Waals surface area contributed by atoms with E-state index in [1.807, 2.05) is 12.1 Å². The number of carbonyl (C=O) groups is 1. The van der Waals surface area contributed by atoms with Crippen LogP contribution in [-0.2, 0) is 0 Å². The number of aromatic nitrogens is 3. The lowest BCUT2D eigenvalue weighted by Crippen LogP contribution is -2.16. The summed E-state index contributed by atoms with van der Waals surface area (Å²) >= 11 is 0. The molecule has 2 aromatic heterocycles. The predicted molar refractivity (Wildman–Crippen MR) is 122 cm³/mol. The van der Waals surface area contributed by atoms with Crippen LogP contribution in [0.2, 0.25) is 0 Å². The van der Waals surface area contributed by atoms with E-state index in [0.717, 1.165) is 0 Å². The number of halogens is 1. The van der Waals surface area contributed by atoms with Crippen LogP contribution in [0.3, 0.4) is 0 Å². The van der Waals surface area contributed by atoms with Gasteiger partial charge in [-0.25, -0.2) is 24.1 Å². The number of benzene rings is 2. The Labute approximate surface area is 188 Å². The van der Waals surface area contributed by atoms with Crippen molar-refractivity contribution in [1.82, 2.24) is 15.0 Å². The Morgan fingerprint density at radius 1 is 1.21 bits per heavy atom. The van der Waals surface area contributed by atoms with Crippen LogP contribution in [0.4, 0.5) is 16.0 Å². The molecule has 0 radical (unpaired) electrons. The largest absolute Gasteiger partial charge is 0.478 e. The summed E-state index contributed by atoms with van der Waals surface area (Å²) in [6.07, 6.45) is 1.23. The van der Waals surface area contributed by atoms with Gasteiger partial charge in [0.2, 0.25) is 0 Å². The second-order valence-electron chi connectivity index (χ2n) is 7.45. The molecule has 0 aliphatic rings. The average Bonchev–Trinajstić information content (AvgIpc) is 2.81. The number of rotatable bonds is 5. The first-order valence-electron chi connectivity index (χ1n) is 10.0. The van der Waals surface area contributed by atoms with Crippen molar-refractivity contribution in [2.24, 2.45) is 0 Å². The van der Waals surface area contributed by atoms with Crippen LogP contribution >= 0.6 is 0 Å². The summed E-state index contributed by atoms with van der Waals surface area (Å²) in [4.78, 5) is 25.2. The number of nitriles is 1. The molecule has 0 saturated carbocycles. The quantitative estimate of drug-likeness (QED) is 0.412. The Kier molecular flexibility index (Phi) is 5.58. The molecule has 0 fully saturated rings. The van der Waals surface area contributed by atoms with E-state index in [0.29, 0.717) is 22.3 Å². The third kappa shape index (κ3) is 3.78. The van der Waals surface area contributed by atoms with Gasteiger partial charge in [0.05, 0.1) is 22.8 Å². The standard InChI is InChI=1S/C24H19FN6O2/c1-12-16(25)8-9-17-18(12)20(24(32)33)19(14-6-4-3-5-7-14)21(31-17)13(2)30-23-15(10-26)22(27)28-11-29-23/h3-9,11,13H,1-2H3,(H,32,33)(H3,27,28,29,30). The summed E-state index contributed by atoms with van der Waals surface area (Å²) in [7, 11) is 0. The fourth-order valence-corrected chi connectivity index (χ4v) is 3.84. The van der Waals surface area contributed by atoms with Crippen LogP contribution in [0.15, 0.2) is 48.8 Å². The van der Waals surface area contributed by atoms with Gasteiger partial charge in [-0.2, -0.15) is 5.26 Å². The van der Waals surface area contributed by atoms with Gasteiger partial charge in [-0.1, -0.05) is 30.3 Å². The van der Waals surface area contributed by atoms with Gasteiger partial charge in [0.1, 0.15) is 35.4 Å². The number of carboxylic acids is 1. The molecule has 2 aromatic carbocycles. The van der Waals surface area contributed by atoms with Crippen molar-refractivity contribution in [3.63, 3.8) is 0 Å². The van der Waals surface area contributed by atoms with E-state index in [1.165, 1.54) is 25.4 Å². The van der Waals surface area contributed by atoms with Crippen LogP contribution in [0.5, 0.6) is 0 Å². The molecule has 164 valence electrons. The molecule has 0 spiro atoms. The summed E-state index contributed by atoms with van der Waals surface area (Å²) < 4.78 is 14.4. The zero-order chi connectivity index (χ0) is 23.7. The third-order valence-corrected chi connectivity index (χ3v) is 5.40. The minimum atomic E-state index is -1.20. The zero-order valence-corrected chi connectivity index (χ0v) is 17.8. The van der Waals surface area contributed by atoms with Gasteiger partial charge in [-0.05, 0) is 37.1 Å². The summed E-state index contributed by atoms with van der Waals surface area (Å²) in [5, 5.41) is 23.0. The van der Waals surface area contributed by atoms with E-state index >= 15 is 0 Å². The molecule has 1 unspecified atom stereocenters. The number of aromatic carboxylic acids is 1. The number of pyridine rings is 1. The Bertz CT molecular complexity index is 1430. The summed E-state index contributed by atoms with van der Waals surface area (Å²) in [6, 6.07) is 13.0. The highest BCUT2D eigenvalue weighted by Gasteiger charge is 2.26. The lowest BCUT2D eigenvalue weighted by molar-refractivity contribution is 0.0699. The molecule has 0 aliphatic heterocycles. The second-order valence-corrected chi connectivity index (χ2v) is 7.45. The SMILES string of the molecule is Cc1c(F)ccc2nc(C(C)Nc3ncnc(N)c3C#N)c(-c3ccccc3)c(C(=O)O)c12. The van der Waals surface area contributed by atoms with Gasteiger partial charge in [0.25, 0.3) is 0 Å². The van der Waals surface area contributed by atoms with E-state index in [2.05, 4.69) is 15.3 Å². The minimum Gasteiger partial charge on any atom is -0.478 e. The maximum atomic E-state index is 14.4. The summed E-state index contributed by atoms with van der Waals surface area (Å²) in [5.41, 5.74) is 7.73. The van der Waals surface area contributed by atoms with Crippen molar-refractivity contribution in [3.8, 4) is 17.2 Å². The Balaban J connectivity index is 2.02. The van der Waals surface area contributed by atoms with Gasteiger partial charge < -0.3 is 16.2 Å². The monoisotopic (exact) mass is 442 g/mol. The number of nitrogens with zero attached hydrogens (tertiary/aromatic N) is 4. The maximum absolute atomic E-state index is 14.4. The number of nitrogens with one attached hydrogen (secondary N) is 1. The Morgan fingerprint density at radius 3 is 2.61 bits per heavy atom. The van der Waals surface area contributed by atoms with Crippen LogP contribution in [0.1, 0.15) is 40.1 Å². The highest BCUT2D eigenvalue weighted by molar-refractivity contribution is 6.10. The van der Waals surface area contributed by atoms with Crippen molar-refractivity contribution < 1.29 is 14.3 Å². The lowest BCUT2D eigenvalue weighted by atomic mass is 9.90. The van der Waals surface area contributed by atoms with Gasteiger partial charge in [0.15, 0.2) is 0 Å². The summed E-state index contributed by atoms with van der Waals surface area (Å²) in [5.74, 6) is -1.49. The number of hydrogen-bond acceptors (Lipinski definition) is 7. The maximum Gasteiger partial charge on any atom is 0.337 e. The molecule has 0 bridgehead atoms. The van der Waals surface area contributed by atoms with Crippen molar-refractivity contribution in [3.05, 3.63) is 77.0 Å². The second kappa shape index (κ2) is 8.51. The molecule has 2 heterocycles. The Hall–Kier alpha value is -4.58. The zero-order valence-electron chi connectivity index (χ0n) is 17.8. The van der Waals surface area contributed by atoms with E-state index in [9.17, 15) is 19.6 Å². The molecule has 1 atom stereocenters. The molecule has 4 aromatic rings. The average molecular weight is 442 g/mol. The topological polar surface area (TPSA) is 138 Å². The molecule has 4 rings (SSSR count). The first kappa shape index (κ1) is 21.6. The number of nitrogen functional groups attached to an aromatic ring is 1. The van der Waals surface area contributed by atoms with Crippen molar-refractivity contribution in [2.75, 3.05) is 11.1 Å². The van der Waals surface area contributed by atoms with E-state index in [1.54, 1.807) is 31.2 Å². The molecule has 0 amide bonds. The number of anilines is 2. The van der Waals surface area contributed by atoms with Gasteiger partial charge in [0, 0.05) is 10.9 Å². The van der Waals surface area contributed by atoms with Crippen molar-refractivity contribution in [1.29, 1.82) is 5.26 Å². The van der Waals surface area contributed by atoms with Gasteiger partial charge in [-0.3, -0.25) is 0 Å². The first-order valence-corrected chi connectivity index (χ1v) is 10.0. The molecular formula is C24H19FN6O2. The van der Waals surface area contributed by atoms with Crippen molar-refractivity contribution in [2.45, 2.75) is 19.9 Å². The van der Waals surface area contributed by atoms with Crippen LogP contribution in [0.25, 0.3) is 22.0 Å². The van der Waals surface area contributed by atoms with Gasteiger partial charge in [-0.15, -0.1) is 0 Å². The molecular weight excluding hydrogens is 423 g/mol. The minimum absolute atomic E-state index is 0.0225. The van der Waals surface area contributed by atoms with Crippen molar-refractivity contribution >= 4 is 28.5 Å². The number of nitrogens with two attached hydrogens (primary N) is 1.